The van der Waals surface area contributed by atoms with Crippen molar-refractivity contribution in [2.45, 2.75) is 0 Å². The Kier molecular flexibility index (Phi) is 1.33. The summed E-state index contributed by atoms with van der Waals surface area (Å²) in [6.07, 6.45) is 1.79. The highest BCUT2D eigenvalue weighted by Gasteiger charge is 2.07. The van der Waals surface area contributed by atoms with Crippen LogP contribution >= 0.6 is 0 Å². The number of nitrogens with zero attached hydrogens (tertiary/aromatic N) is 4. The Labute approximate surface area is 68.0 Å². The molecule has 0 aliphatic rings. The molecule has 0 spiro atoms. The molecule has 0 saturated heterocycles. The molecule has 0 fully saturated rings. The second-order valence-electron chi connectivity index (χ2n) is 2.33. The number of aryl methyl sites for hydroxylation is 1. The fourth-order valence-electron chi connectivity index (χ4n) is 0.874. The number of hydrogen-bond acceptors (Lipinski definition) is 5. The lowest BCUT2D eigenvalue weighted by molar-refractivity contribution is 0.436. The van der Waals surface area contributed by atoms with Crippen LogP contribution in [0.1, 0.15) is 0 Å². The van der Waals surface area contributed by atoms with E-state index in [0.717, 1.165) is 0 Å². The van der Waals surface area contributed by atoms with Crippen molar-refractivity contribution >= 4 is 6.01 Å². The van der Waals surface area contributed by atoms with Gasteiger partial charge >= 0.3 is 6.01 Å². The highest BCUT2D eigenvalue weighted by molar-refractivity contribution is 5.48. The Bertz CT molecular complexity index is 352. The van der Waals surface area contributed by atoms with Gasteiger partial charge in [-0.25, -0.2) is 0 Å². The lowest BCUT2D eigenvalue weighted by Gasteiger charge is -1.83. The van der Waals surface area contributed by atoms with Crippen molar-refractivity contribution in [3.05, 3.63) is 12.3 Å². The van der Waals surface area contributed by atoms with Crippen molar-refractivity contribution in [1.82, 2.24) is 19.9 Å². The zero-order valence-electron chi connectivity index (χ0n) is 6.43. The van der Waals surface area contributed by atoms with Gasteiger partial charge < -0.3 is 10.3 Å². The third-order valence-corrected chi connectivity index (χ3v) is 1.38. The van der Waals surface area contributed by atoms with Gasteiger partial charge in [-0.1, -0.05) is 5.16 Å². The summed E-state index contributed by atoms with van der Waals surface area (Å²) in [5, 5.41) is 7.68. The van der Waals surface area contributed by atoms with Crippen LogP contribution < -0.4 is 5.73 Å². The molecule has 0 aromatic carbocycles. The summed E-state index contributed by atoms with van der Waals surface area (Å²) in [5.41, 5.74) is 5.90. The zero-order valence-corrected chi connectivity index (χ0v) is 6.43. The molecule has 0 bridgehead atoms. The van der Waals surface area contributed by atoms with Crippen LogP contribution in [-0.2, 0) is 7.05 Å². The Morgan fingerprint density at radius 1 is 1.58 bits per heavy atom. The molecule has 2 aromatic heterocycles. The van der Waals surface area contributed by atoms with Gasteiger partial charge in [0.05, 0.1) is 0 Å². The average Bonchev–Trinajstić information content (AvgIpc) is 2.58. The molecule has 0 radical (unpaired) electrons. The number of nitrogen functional groups attached to an aromatic ring is 1. The van der Waals surface area contributed by atoms with Crippen molar-refractivity contribution in [1.29, 1.82) is 0 Å². The second-order valence-corrected chi connectivity index (χ2v) is 2.33. The standard InChI is InChI=1S/C6H7N5O/c1-11-3-2-4(9-11)5-8-6(7)12-10-5/h2-3H,1H3,(H2,7,8,10). The highest BCUT2D eigenvalue weighted by Crippen LogP contribution is 2.12. The molecular weight excluding hydrogens is 158 g/mol. The van der Waals surface area contributed by atoms with Crippen molar-refractivity contribution in [2.75, 3.05) is 5.73 Å². The third kappa shape index (κ3) is 1.03. The smallest absolute Gasteiger partial charge is 0.319 e. The molecule has 2 N–H and O–H groups in total. The average molecular weight is 165 g/mol. The molecule has 2 rings (SSSR count). The molecular formula is C6H7N5O. The van der Waals surface area contributed by atoms with Gasteiger partial charge in [-0.3, -0.25) is 4.68 Å². The lowest BCUT2D eigenvalue weighted by atomic mass is 10.4. The van der Waals surface area contributed by atoms with Gasteiger partial charge in [0.25, 0.3) is 0 Å². The highest BCUT2D eigenvalue weighted by atomic mass is 16.5. The van der Waals surface area contributed by atoms with E-state index in [0.29, 0.717) is 11.5 Å². The summed E-state index contributed by atoms with van der Waals surface area (Å²) in [4.78, 5) is 3.82. The fourth-order valence-corrected chi connectivity index (χ4v) is 0.874. The predicted octanol–water partition coefficient (Wildman–Crippen LogP) is 0.0523. The van der Waals surface area contributed by atoms with Crippen LogP contribution in [0.25, 0.3) is 11.5 Å². The van der Waals surface area contributed by atoms with Crippen molar-refractivity contribution in [2.24, 2.45) is 7.05 Å². The summed E-state index contributed by atoms with van der Waals surface area (Å²) in [6.45, 7) is 0. The van der Waals surface area contributed by atoms with E-state index < -0.39 is 0 Å². The largest absolute Gasteiger partial charge is 0.351 e. The molecule has 62 valence electrons. The lowest BCUT2D eigenvalue weighted by Crippen LogP contribution is -1.89. The van der Waals surface area contributed by atoms with Crippen LogP contribution in [0, 0.1) is 0 Å². The van der Waals surface area contributed by atoms with Gasteiger partial charge in [0, 0.05) is 13.2 Å². The molecule has 2 aromatic rings. The van der Waals surface area contributed by atoms with E-state index in [9.17, 15) is 0 Å². The molecule has 6 heteroatoms. The molecule has 0 amide bonds. The maximum atomic E-state index is 5.25. The fraction of sp³-hybridized carbons (Fsp3) is 0.167. The molecule has 6 nitrogen and oxygen atoms in total. The van der Waals surface area contributed by atoms with Crippen LogP contribution in [0.15, 0.2) is 16.8 Å². The van der Waals surface area contributed by atoms with Gasteiger partial charge in [0.2, 0.25) is 5.82 Å². The van der Waals surface area contributed by atoms with Crippen LogP contribution in [0.2, 0.25) is 0 Å². The zero-order chi connectivity index (χ0) is 8.55. The van der Waals surface area contributed by atoms with E-state index in [2.05, 4.69) is 19.8 Å². The molecule has 0 aliphatic carbocycles. The van der Waals surface area contributed by atoms with Gasteiger partial charge in [-0.15, -0.1) is 0 Å². The minimum Gasteiger partial charge on any atom is -0.351 e. The first-order valence-electron chi connectivity index (χ1n) is 3.35. The molecule has 0 atom stereocenters. The van der Waals surface area contributed by atoms with Crippen LogP contribution in [-0.4, -0.2) is 19.9 Å². The first kappa shape index (κ1) is 6.84. The summed E-state index contributed by atoms with van der Waals surface area (Å²) >= 11 is 0. The van der Waals surface area contributed by atoms with Crippen LogP contribution in [0.5, 0.6) is 0 Å². The number of rotatable bonds is 1. The molecule has 2 heterocycles. The van der Waals surface area contributed by atoms with E-state index in [1.165, 1.54) is 0 Å². The van der Waals surface area contributed by atoms with Crippen molar-refractivity contribution < 1.29 is 4.52 Å². The minimum atomic E-state index is 0.0515. The number of aromatic nitrogens is 4. The van der Waals surface area contributed by atoms with Gasteiger partial charge in [0.15, 0.2) is 0 Å². The monoisotopic (exact) mass is 165 g/mol. The minimum absolute atomic E-state index is 0.0515. The van der Waals surface area contributed by atoms with E-state index in [4.69, 9.17) is 5.73 Å². The van der Waals surface area contributed by atoms with E-state index in [-0.39, 0.29) is 6.01 Å². The molecule has 0 saturated carbocycles. The van der Waals surface area contributed by atoms with Crippen molar-refractivity contribution in [3.63, 3.8) is 0 Å². The van der Waals surface area contributed by atoms with E-state index in [1.807, 2.05) is 7.05 Å². The maximum absolute atomic E-state index is 5.25. The topological polar surface area (TPSA) is 82.8 Å². The Balaban J connectivity index is 2.43. The predicted molar refractivity (Wildman–Crippen MR) is 40.9 cm³/mol. The Hall–Kier alpha value is -1.85. The van der Waals surface area contributed by atoms with Crippen LogP contribution in [0.4, 0.5) is 6.01 Å². The summed E-state index contributed by atoms with van der Waals surface area (Å²) < 4.78 is 6.25. The second kappa shape index (κ2) is 2.33. The number of anilines is 1. The Morgan fingerprint density at radius 2 is 2.42 bits per heavy atom. The first-order valence-corrected chi connectivity index (χ1v) is 3.35. The Morgan fingerprint density at radius 3 is 2.92 bits per heavy atom. The molecule has 0 aliphatic heterocycles. The van der Waals surface area contributed by atoms with Gasteiger partial charge in [0.1, 0.15) is 5.69 Å². The van der Waals surface area contributed by atoms with E-state index >= 15 is 0 Å². The number of nitrogens with two attached hydrogens (primary N) is 1. The molecule has 12 heavy (non-hydrogen) atoms. The first-order chi connectivity index (χ1) is 5.75. The van der Waals surface area contributed by atoms with Crippen LogP contribution in [0.3, 0.4) is 0 Å². The van der Waals surface area contributed by atoms with Crippen molar-refractivity contribution in [3.8, 4) is 11.5 Å². The SMILES string of the molecule is Cn1ccc(-c2noc(N)n2)n1. The molecule has 0 unspecified atom stereocenters. The normalized spacial score (nSPS) is 10.4. The third-order valence-electron chi connectivity index (χ3n) is 1.38. The van der Waals surface area contributed by atoms with Gasteiger partial charge in [-0.05, 0) is 6.07 Å². The summed E-state index contributed by atoms with van der Waals surface area (Å²) in [7, 11) is 1.81. The quantitative estimate of drug-likeness (QED) is 0.645. The number of hydrogen-bond donors (Lipinski definition) is 1. The van der Waals surface area contributed by atoms with Gasteiger partial charge in [-0.2, -0.15) is 10.1 Å². The summed E-state index contributed by atoms with van der Waals surface area (Å²) in [6, 6.07) is 1.83. The maximum Gasteiger partial charge on any atom is 0.319 e. The van der Waals surface area contributed by atoms with E-state index in [1.54, 1.807) is 16.9 Å². The summed E-state index contributed by atoms with van der Waals surface area (Å²) in [5.74, 6) is 0.410.